The predicted octanol–water partition coefficient (Wildman–Crippen LogP) is 4.63. The number of nitrogens with two attached hydrogens (primary N) is 1. The van der Waals surface area contributed by atoms with E-state index in [1.807, 2.05) is 0 Å². The fraction of sp³-hybridized carbons (Fsp3) is 0.952. The van der Waals surface area contributed by atoms with Gasteiger partial charge in [0.05, 0.1) is 6.61 Å². The van der Waals surface area contributed by atoms with Crippen molar-refractivity contribution in [3.05, 3.63) is 0 Å². The molecule has 0 amide bonds. The predicted molar refractivity (Wildman–Crippen MR) is 109 cm³/mol. The summed E-state index contributed by atoms with van der Waals surface area (Å²) < 4.78 is 0. The molecule has 0 fully saturated rings. The van der Waals surface area contributed by atoms with Gasteiger partial charge in [-0.2, -0.15) is 0 Å². The Morgan fingerprint density at radius 1 is 0.692 bits per heavy atom. The van der Waals surface area contributed by atoms with Gasteiger partial charge in [0, 0.05) is 6.61 Å². The van der Waals surface area contributed by atoms with E-state index in [2.05, 4.69) is 6.92 Å². The van der Waals surface area contributed by atoms with Crippen LogP contribution in [0.3, 0.4) is 0 Å². The van der Waals surface area contributed by atoms with E-state index in [1.54, 1.807) is 0 Å². The SMILES string of the molecule is CCCCCCCCCCCCCCCCCCO.NC(CO)C(=O)O. The highest BCUT2D eigenvalue weighted by molar-refractivity contribution is 5.73. The van der Waals surface area contributed by atoms with Crippen LogP contribution in [0, 0.1) is 0 Å². The van der Waals surface area contributed by atoms with Gasteiger partial charge in [-0.05, 0) is 6.42 Å². The zero-order valence-corrected chi connectivity index (χ0v) is 17.1. The van der Waals surface area contributed by atoms with Crippen LogP contribution >= 0.6 is 0 Å². The summed E-state index contributed by atoms with van der Waals surface area (Å²) in [6.07, 6.45) is 22.2. The molecule has 0 radical (unpaired) electrons. The lowest BCUT2D eigenvalue weighted by molar-refractivity contribution is -0.139. The topological polar surface area (TPSA) is 104 Å². The van der Waals surface area contributed by atoms with Crippen molar-refractivity contribution in [3.8, 4) is 0 Å². The summed E-state index contributed by atoms with van der Waals surface area (Å²) in [4.78, 5) is 9.65. The van der Waals surface area contributed by atoms with Gasteiger partial charge in [0.2, 0.25) is 0 Å². The number of unbranched alkanes of at least 4 members (excludes halogenated alkanes) is 15. The molecule has 0 aliphatic rings. The van der Waals surface area contributed by atoms with Gasteiger partial charge in [-0.25, -0.2) is 0 Å². The molecule has 0 spiro atoms. The van der Waals surface area contributed by atoms with Crippen molar-refractivity contribution in [1.82, 2.24) is 0 Å². The van der Waals surface area contributed by atoms with Crippen LogP contribution in [-0.4, -0.2) is 40.5 Å². The van der Waals surface area contributed by atoms with E-state index >= 15 is 0 Å². The Bertz CT molecular complexity index is 259. The first kappa shape index (κ1) is 27.6. The first-order valence-electron chi connectivity index (χ1n) is 10.8. The average molecular weight is 376 g/mol. The Kier molecular flexibility index (Phi) is 25.8. The van der Waals surface area contributed by atoms with Crippen molar-refractivity contribution in [2.45, 2.75) is 116 Å². The number of aliphatic hydroxyl groups is 2. The van der Waals surface area contributed by atoms with Crippen molar-refractivity contribution in [3.63, 3.8) is 0 Å². The summed E-state index contributed by atoms with van der Waals surface area (Å²) in [5, 5.41) is 24.6. The third kappa shape index (κ3) is 25.6. The van der Waals surface area contributed by atoms with E-state index in [0.717, 1.165) is 6.42 Å². The van der Waals surface area contributed by atoms with Crippen molar-refractivity contribution in [2.75, 3.05) is 13.2 Å². The zero-order valence-electron chi connectivity index (χ0n) is 17.1. The normalized spacial score (nSPS) is 11.7. The molecule has 158 valence electrons. The minimum Gasteiger partial charge on any atom is -0.480 e. The molecule has 0 aromatic rings. The molecule has 0 aliphatic heterocycles. The second kappa shape index (κ2) is 24.4. The van der Waals surface area contributed by atoms with Gasteiger partial charge in [0.1, 0.15) is 6.04 Å². The van der Waals surface area contributed by atoms with Crippen LogP contribution in [0.25, 0.3) is 0 Å². The van der Waals surface area contributed by atoms with Crippen LogP contribution in [0.5, 0.6) is 0 Å². The zero-order chi connectivity index (χ0) is 19.9. The van der Waals surface area contributed by atoms with Crippen LogP contribution in [0.15, 0.2) is 0 Å². The summed E-state index contributed by atoms with van der Waals surface area (Å²) in [6.45, 7) is 2.15. The molecule has 0 bridgehead atoms. The molecular weight excluding hydrogens is 330 g/mol. The molecule has 5 heteroatoms. The number of rotatable bonds is 18. The molecule has 0 aliphatic carbocycles. The largest absolute Gasteiger partial charge is 0.480 e. The lowest BCUT2D eigenvalue weighted by Gasteiger charge is -2.03. The maximum Gasteiger partial charge on any atom is 0.322 e. The Hall–Kier alpha value is -0.650. The molecule has 5 nitrogen and oxygen atoms in total. The molecule has 26 heavy (non-hydrogen) atoms. The number of aliphatic carboxylic acids is 1. The van der Waals surface area contributed by atoms with E-state index in [9.17, 15) is 4.79 Å². The molecule has 0 aromatic heterocycles. The summed E-state index contributed by atoms with van der Waals surface area (Å²) in [7, 11) is 0. The van der Waals surface area contributed by atoms with Gasteiger partial charge in [0.25, 0.3) is 0 Å². The average Bonchev–Trinajstić information content (AvgIpc) is 2.64. The number of hydrogen-bond acceptors (Lipinski definition) is 4. The van der Waals surface area contributed by atoms with Crippen molar-refractivity contribution in [1.29, 1.82) is 0 Å². The molecular formula is C21H45NO4. The fourth-order valence-electron chi connectivity index (χ4n) is 2.74. The number of carboxylic acid groups (broad SMARTS) is 1. The molecule has 1 unspecified atom stereocenters. The van der Waals surface area contributed by atoms with E-state index in [1.165, 1.54) is 96.3 Å². The fourth-order valence-corrected chi connectivity index (χ4v) is 2.74. The lowest BCUT2D eigenvalue weighted by Crippen LogP contribution is -2.33. The maximum atomic E-state index is 9.65. The molecule has 0 saturated heterocycles. The smallest absolute Gasteiger partial charge is 0.322 e. The number of carboxylic acids is 1. The Labute approximate surface area is 161 Å². The third-order valence-corrected chi connectivity index (χ3v) is 4.53. The van der Waals surface area contributed by atoms with E-state index in [0.29, 0.717) is 6.61 Å². The summed E-state index contributed by atoms with van der Waals surface area (Å²) in [6, 6.07) is -1.13. The Morgan fingerprint density at radius 3 is 1.19 bits per heavy atom. The molecule has 0 saturated carbocycles. The van der Waals surface area contributed by atoms with Gasteiger partial charge in [-0.3, -0.25) is 4.79 Å². The Balaban J connectivity index is 0. The first-order chi connectivity index (χ1) is 12.6. The maximum absolute atomic E-state index is 9.65. The quantitative estimate of drug-likeness (QED) is 0.261. The van der Waals surface area contributed by atoms with E-state index < -0.39 is 18.6 Å². The first-order valence-corrected chi connectivity index (χ1v) is 10.8. The second-order valence-corrected chi connectivity index (χ2v) is 7.15. The summed E-state index contributed by atoms with van der Waals surface area (Å²) in [5.41, 5.74) is 4.77. The highest BCUT2D eigenvalue weighted by Gasteiger charge is 2.07. The van der Waals surface area contributed by atoms with Crippen molar-refractivity contribution in [2.24, 2.45) is 5.73 Å². The minimum absolute atomic E-state index is 0.373. The summed E-state index contributed by atoms with van der Waals surface area (Å²) in [5.74, 6) is -1.18. The number of aliphatic hydroxyl groups excluding tert-OH is 2. The number of carbonyl (C=O) groups is 1. The van der Waals surface area contributed by atoms with Gasteiger partial charge >= 0.3 is 5.97 Å². The highest BCUT2D eigenvalue weighted by atomic mass is 16.4. The van der Waals surface area contributed by atoms with Crippen LogP contribution < -0.4 is 5.73 Å². The van der Waals surface area contributed by atoms with Gasteiger partial charge in [-0.1, -0.05) is 103 Å². The van der Waals surface area contributed by atoms with Crippen LogP contribution in [0.1, 0.15) is 110 Å². The second-order valence-electron chi connectivity index (χ2n) is 7.15. The van der Waals surface area contributed by atoms with Gasteiger partial charge < -0.3 is 21.1 Å². The van der Waals surface area contributed by atoms with E-state index in [4.69, 9.17) is 21.1 Å². The molecule has 0 aromatic carbocycles. The number of hydrogen-bond donors (Lipinski definition) is 4. The highest BCUT2D eigenvalue weighted by Crippen LogP contribution is 2.13. The lowest BCUT2D eigenvalue weighted by atomic mass is 10.0. The monoisotopic (exact) mass is 375 g/mol. The molecule has 1 atom stereocenters. The molecule has 5 N–H and O–H groups in total. The van der Waals surface area contributed by atoms with Gasteiger partial charge in [-0.15, -0.1) is 0 Å². The van der Waals surface area contributed by atoms with Crippen molar-refractivity contribution < 1.29 is 20.1 Å². The van der Waals surface area contributed by atoms with Crippen molar-refractivity contribution >= 4 is 5.97 Å². The van der Waals surface area contributed by atoms with Crippen LogP contribution in [0.2, 0.25) is 0 Å². The van der Waals surface area contributed by atoms with E-state index in [-0.39, 0.29) is 0 Å². The minimum atomic E-state index is -1.18. The van der Waals surface area contributed by atoms with Gasteiger partial charge in [0.15, 0.2) is 0 Å². The molecule has 0 heterocycles. The third-order valence-electron chi connectivity index (χ3n) is 4.53. The summed E-state index contributed by atoms with van der Waals surface area (Å²) >= 11 is 0. The van der Waals surface area contributed by atoms with Crippen LogP contribution in [0.4, 0.5) is 0 Å². The van der Waals surface area contributed by atoms with Crippen LogP contribution in [-0.2, 0) is 4.79 Å². The Morgan fingerprint density at radius 2 is 1.00 bits per heavy atom. The molecule has 0 rings (SSSR count). The standard InChI is InChI=1S/C18H38O.C3H7NO3/c1-2-3-4-5-6-7-8-9-10-11-12-13-14-15-16-17-18-19;4-2(1-5)3(6)7/h19H,2-18H2,1H3;2,5H,1,4H2,(H,6,7).